The van der Waals surface area contributed by atoms with Crippen LogP contribution in [0.2, 0.25) is 0 Å². The molecule has 7 heteroatoms. The zero-order valence-electron chi connectivity index (χ0n) is 12.8. The van der Waals surface area contributed by atoms with Gasteiger partial charge in [0.25, 0.3) is 0 Å². The number of ether oxygens (including phenoxy) is 1. The van der Waals surface area contributed by atoms with Crippen LogP contribution in [0.25, 0.3) is 0 Å². The van der Waals surface area contributed by atoms with Gasteiger partial charge < -0.3 is 9.84 Å². The summed E-state index contributed by atoms with van der Waals surface area (Å²) < 4.78 is 32.7. The molecule has 0 spiro atoms. The van der Waals surface area contributed by atoms with Gasteiger partial charge in [-0.15, -0.1) is 0 Å². The molecule has 5 nitrogen and oxygen atoms in total. The van der Waals surface area contributed by atoms with E-state index in [-0.39, 0.29) is 11.4 Å². The van der Waals surface area contributed by atoms with Gasteiger partial charge in [-0.25, -0.2) is 13.1 Å². The Bertz CT molecular complexity index is 570. The maximum atomic E-state index is 12.4. The average molecular weight is 333 g/mol. The first-order chi connectivity index (χ1) is 9.72. The zero-order chi connectivity index (χ0) is 16.1. The first kappa shape index (κ1) is 18.3. The molecule has 2 N–H and O–H groups in total. The fraction of sp³-hybridized carbons (Fsp3) is 0.571. The van der Waals surface area contributed by atoms with Gasteiger partial charge in [0.1, 0.15) is 10.6 Å². The summed E-state index contributed by atoms with van der Waals surface area (Å²) >= 11 is 1.46. The van der Waals surface area contributed by atoms with Crippen molar-refractivity contribution in [3.05, 3.63) is 23.8 Å². The van der Waals surface area contributed by atoms with Crippen LogP contribution < -0.4 is 9.46 Å². The summed E-state index contributed by atoms with van der Waals surface area (Å²) in [5.41, 5.74) is -0.267. The number of rotatable bonds is 8. The lowest BCUT2D eigenvalue weighted by molar-refractivity contribution is 0.0908. The Kier molecular flexibility index (Phi) is 6.52. The predicted molar refractivity (Wildman–Crippen MR) is 86.5 cm³/mol. The third-order valence-electron chi connectivity index (χ3n) is 2.79. The molecule has 0 bridgehead atoms. The molecule has 0 aliphatic heterocycles. The predicted octanol–water partition coefficient (Wildman–Crippen LogP) is 1.79. The van der Waals surface area contributed by atoms with Crippen molar-refractivity contribution >= 4 is 21.8 Å². The first-order valence-corrected chi connectivity index (χ1v) is 9.54. The third-order valence-corrected chi connectivity index (χ3v) is 5.12. The van der Waals surface area contributed by atoms with E-state index in [9.17, 15) is 13.5 Å². The summed E-state index contributed by atoms with van der Waals surface area (Å²) in [6, 6.07) is 5.01. The number of hydrogen-bond acceptors (Lipinski definition) is 5. The summed E-state index contributed by atoms with van der Waals surface area (Å²) in [6.45, 7) is 5.56. The number of hydrogen-bond donors (Lipinski definition) is 2. The minimum Gasteiger partial charge on any atom is -0.492 e. The van der Waals surface area contributed by atoms with Gasteiger partial charge in [0.05, 0.1) is 12.2 Å². The molecular formula is C14H23NO4S2. The van der Waals surface area contributed by atoms with Gasteiger partial charge in [-0.1, -0.05) is 6.07 Å². The smallest absolute Gasteiger partial charge is 0.244 e. The molecule has 0 aromatic heterocycles. The van der Waals surface area contributed by atoms with Crippen LogP contribution in [0.5, 0.6) is 5.75 Å². The van der Waals surface area contributed by atoms with E-state index >= 15 is 0 Å². The molecule has 21 heavy (non-hydrogen) atoms. The van der Waals surface area contributed by atoms with E-state index < -0.39 is 15.6 Å². The van der Waals surface area contributed by atoms with Crippen LogP contribution in [-0.2, 0) is 10.0 Å². The lowest BCUT2D eigenvalue weighted by atomic mass is 10.1. The second-order valence-electron chi connectivity index (χ2n) is 5.14. The monoisotopic (exact) mass is 333 g/mol. The van der Waals surface area contributed by atoms with E-state index in [1.807, 2.05) is 13.2 Å². The molecule has 1 aromatic carbocycles. The second-order valence-corrected chi connectivity index (χ2v) is 7.74. The van der Waals surface area contributed by atoms with Gasteiger partial charge in [0.2, 0.25) is 10.0 Å². The summed E-state index contributed by atoms with van der Waals surface area (Å²) in [6.07, 6.45) is 1.86. The number of thioether (sulfide) groups is 1. The van der Waals surface area contributed by atoms with Crippen molar-refractivity contribution in [2.45, 2.75) is 31.3 Å². The van der Waals surface area contributed by atoms with Crippen molar-refractivity contribution in [2.24, 2.45) is 0 Å². The number of aryl methyl sites for hydroxylation is 1. The van der Waals surface area contributed by atoms with E-state index in [1.165, 1.54) is 11.8 Å². The Morgan fingerprint density at radius 1 is 1.43 bits per heavy atom. The highest BCUT2D eigenvalue weighted by Gasteiger charge is 2.25. The topological polar surface area (TPSA) is 75.6 Å². The van der Waals surface area contributed by atoms with Crippen molar-refractivity contribution in [3.8, 4) is 5.75 Å². The van der Waals surface area contributed by atoms with Gasteiger partial charge in [-0.3, -0.25) is 0 Å². The highest BCUT2D eigenvalue weighted by molar-refractivity contribution is 7.98. The standard InChI is InChI=1S/C14H23NO4S2/c1-5-19-12-7-6-11(2)8-13(12)21(17,18)15-9-14(3,16)10-20-4/h6-8,15-16H,5,9-10H2,1-4H3/t14-/m0/s1. The van der Waals surface area contributed by atoms with E-state index in [0.717, 1.165) is 5.56 Å². The van der Waals surface area contributed by atoms with Crippen molar-refractivity contribution in [2.75, 3.05) is 25.2 Å². The Hall–Kier alpha value is -0.760. The van der Waals surface area contributed by atoms with Gasteiger partial charge in [-0.2, -0.15) is 11.8 Å². The van der Waals surface area contributed by atoms with Crippen LogP contribution in [0.1, 0.15) is 19.4 Å². The largest absolute Gasteiger partial charge is 0.492 e. The maximum Gasteiger partial charge on any atom is 0.244 e. The van der Waals surface area contributed by atoms with E-state index in [4.69, 9.17) is 4.74 Å². The van der Waals surface area contributed by atoms with Crippen molar-refractivity contribution in [1.29, 1.82) is 0 Å². The SMILES string of the molecule is CCOc1ccc(C)cc1S(=O)(=O)NC[C@](C)(O)CSC. The minimum atomic E-state index is -3.73. The summed E-state index contributed by atoms with van der Waals surface area (Å²) in [5, 5.41) is 10.1. The number of nitrogens with one attached hydrogen (secondary N) is 1. The molecule has 1 atom stereocenters. The molecule has 1 rings (SSSR count). The Morgan fingerprint density at radius 3 is 2.67 bits per heavy atom. The van der Waals surface area contributed by atoms with Crippen molar-refractivity contribution < 1.29 is 18.3 Å². The van der Waals surface area contributed by atoms with Crippen LogP contribution in [0.4, 0.5) is 0 Å². The van der Waals surface area contributed by atoms with E-state index in [2.05, 4.69) is 4.72 Å². The minimum absolute atomic E-state index is 0.0460. The van der Waals surface area contributed by atoms with Crippen LogP contribution in [0.15, 0.2) is 23.1 Å². The molecule has 120 valence electrons. The zero-order valence-corrected chi connectivity index (χ0v) is 14.5. The molecular weight excluding hydrogens is 310 g/mol. The van der Waals surface area contributed by atoms with Crippen LogP contribution in [0.3, 0.4) is 0 Å². The van der Waals surface area contributed by atoms with Crippen molar-refractivity contribution in [3.63, 3.8) is 0 Å². The van der Waals surface area contributed by atoms with E-state index in [0.29, 0.717) is 18.1 Å². The van der Waals surface area contributed by atoms with Crippen LogP contribution >= 0.6 is 11.8 Å². The van der Waals surface area contributed by atoms with Crippen LogP contribution in [0, 0.1) is 6.92 Å². The molecule has 0 saturated heterocycles. The maximum absolute atomic E-state index is 12.4. The Morgan fingerprint density at radius 2 is 2.10 bits per heavy atom. The number of benzene rings is 1. The summed E-state index contributed by atoms with van der Waals surface area (Å²) in [7, 11) is -3.73. The summed E-state index contributed by atoms with van der Waals surface area (Å²) in [5.74, 6) is 0.766. The molecule has 0 heterocycles. The molecule has 0 amide bonds. The van der Waals surface area contributed by atoms with E-state index in [1.54, 1.807) is 32.0 Å². The highest BCUT2D eigenvalue weighted by Crippen LogP contribution is 2.25. The molecule has 0 aliphatic carbocycles. The molecule has 1 aromatic rings. The summed E-state index contributed by atoms with van der Waals surface area (Å²) in [4.78, 5) is 0.101. The number of sulfonamides is 1. The third kappa shape index (κ3) is 5.50. The van der Waals surface area contributed by atoms with Crippen LogP contribution in [-0.4, -0.2) is 44.3 Å². The first-order valence-electron chi connectivity index (χ1n) is 6.66. The number of aliphatic hydroxyl groups is 1. The lowest BCUT2D eigenvalue weighted by Gasteiger charge is -2.23. The van der Waals surface area contributed by atoms with Crippen molar-refractivity contribution in [1.82, 2.24) is 4.72 Å². The molecule has 0 unspecified atom stereocenters. The average Bonchev–Trinajstić information content (AvgIpc) is 2.39. The van der Waals surface area contributed by atoms with Gasteiger partial charge >= 0.3 is 0 Å². The fourth-order valence-corrected chi connectivity index (χ4v) is 3.90. The highest BCUT2D eigenvalue weighted by atomic mass is 32.2. The van der Waals surface area contributed by atoms with Gasteiger partial charge in [-0.05, 0) is 44.7 Å². The second kappa shape index (κ2) is 7.49. The lowest BCUT2D eigenvalue weighted by Crippen LogP contribution is -2.42. The molecule has 0 radical (unpaired) electrons. The van der Waals surface area contributed by atoms with Gasteiger partial charge in [0, 0.05) is 12.3 Å². The quantitative estimate of drug-likeness (QED) is 0.758. The molecule has 0 saturated carbocycles. The van der Waals surface area contributed by atoms with Gasteiger partial charge in [0.15, 0.2) is 0 Å². The fourth-order valence-electron chi connectivity index (χ4n) is 1.79. The Labute approximate surface area is 131 Å². The normalized spacial score (nSPS) is 14.7. The Balaban J connectivity index is 3.00. The molecule has 0 fully saturated rings. The molecule has 0 aliphatic rings.